The first-order valence-electron chi connectivity index (χ1n) is 7.09. The highest BCUT2D eigenvalue weighted by Crippen LogP contribution is 2.20. The van der Waals surface area contributed by atoms with Crippen LogP contribution in [0.4, 0.5) is 0 Å². The minimum Gasteiger partial charge on any atom is -0.301 e. The molecular formula is C16H22N2O2S2. The Morgan fingerprint density at radius 2 is 2.05 bits per heavy atom. The van der Waals surface area contributed by atoms with Crippen LogP contribution in [0.25, 0.3) is 0 Å². The molecular weight excluding hydrogens is 316 g/mol. The molecule has 2 aromatic rings. The summed E-state index contributed by atoms with van der Waals surface area (Å²) in [5.74, 6) is 0.0124. The molecule has 0 saturated heterocycles. The van der Waals surface area contributed by atoms with Gasteiger partial charge in [0.2, 0.25) is 10.0 Å². The number of aryl methyl sites for hydroxylation is 1. The van der Waals surface area contributed by atoms with Crippen molar-refractivity contribution in [2.24, 2.45) is 0 Å². The Bertz CT molecular complexity index is 695. The smallest absolute Gasteiger partial charge is 0.215 e. The Hall–Kier alpha value is -1.21. The van der Waals surface area contributed by atoms with Gasteiger partial charge in [0, 0.05) is 12.6 Å². The average molecular weight is 338 g/mol. The Balaban J connectivity index is 2.02. The topological polar surface area (TPSA) is 49.4 Å². The summed E-state index contributed by atoms with van der Waals surface area (Å²) >= 11 is 1.62. The predicted octanol–water partition coefficient (Wildman–Crippen LogP) is 2.78. The van der Waals surface area contributed by atoms with Gasteiger partial charge in [-0.25, -0.2) is 13.1 Å². The second kappa shape index (κ2) is 7.37. The molecule has 22 heavy (non-hydrogen) atoms. The molecule has 0 spiro atoms. The van der Waals surface area contributed by atoms with Crippen LogP contribution < -0.4 is 4.72 Å². The minimum atomic E-state index is -3.34. The van der Waals surface area contributed by atoms with Crippen LogP contribution in [-0.4, -0.2) is 34.0 Å². The lowest BCUT2D eigenvalue weighted by Crippen LogP contribution is -2.35. The molecule has 120 valence electrons. The number of likely N-dealkylation sites (N-methyl/N-ethyl adjacent to an activating group) is 1. The first-order chi connectivity index (χ1) is 10.4. The van der Waals surface area contributed by atoms with Crippen LogP contribution in [0, 0.1) is 6.92 Å². The van der Waals surface area contributed by atoms with Crippen molar-refractivity contribution in [1.29, 1.82) is 0 Å². The molecule has 1 atom stereocenters. The molecule has 0 aliphatic heterocycles. The first-order valence-corrected chi connectivity index (χ1v) is 9.68. The van der Waals surface area contributed by atoms with E-state index < -0.39 is 10.0 Å². The summed E-state index contributed by atoms with van der Waals surface area (Å²) < 4.78 is 27.3. The highest BCUT2D eigenvalue weighted by Gasteiger charge is 2.18. The highest BCUT2D eigenvalue weighted by molar-refractivity contribution is 7.88. The number of sulfonamides is 1. The van der Waals surface area contributed by atoms with Crippen molar-refractivity contribution >= 4 is 21.4 Å². The van der Waals surface area contributed by atoms with Crippen LogP contribution >= 0.6 is 11.3 Å². The van der Waals surface area contributed by atoms with Gasteiger partial charge in [0.15, 0.2) is 0 Å². The third kappa shape index (κ3) is 4.91. The zero-order chi connectivity index (χ0) is 16.2. The van der Waals surface area contributed by atoms with E-state index in [-0.39, 0.29) is 11.8 Å². The van der Waals surface area contributed by atoms with Gasteiger partial charge in [-0.1, -0.05) is 29.8 Å². The zero-order valence-electron chi connectivity index (χ0n) is 13.1. The average Bonchev–Trinajstić information content (AvgIpc) is 2.91. The monoisotopic (exact) mass is 338 g/mol. The maximum Gasteiger partial charge on any atom is 0.215 e. The van der Waals surface area contributed by atoms with E-state index in [4.69, 9.17) is 0 Å². The van der Waals surface area contributed by atoms with E-state index in [0.29, 0.717) is 6.54 Å². The van der Waals surface area contributed by atoms with Crippen molar-refractivity contribution in [3.63, 3.8) is 0 Å². The maximum atomic E-state index is 12.3. The third-order valence-electron chi connectivity index (χ3n) is 3.49. The van der Waals surface area contributed by atoms with Gasteiger partial charge in [-0.3, -0.25) is 0 Å². The van der Waals surface area contributed by atoms with Gasteiger partial charge in [-0.15, -0.1) is 0 Å². The normalized spacial score (nSPS) is 13.5. The Morgan fingerprint density at radius 1 is 1.27 bits per heavy atom. The third-order valence-corrected chi connectivity index (χ3v) is 5.51. The lowest BCUT2D eigenvalue weighted by Gasteiger charge is -2.24. The molecule has 1 aromatic carbocycles. The molecule has 0 aliphatic carbocycles. The van der Waals surface area contributed by atoms with Gasteiger partial charge in [-0.2, -0.15) is 11.3 Å². The molecule has 0 aliphatic rings. The summed E-state index contributed by atoms with van der Waals surface area (Å²) in [4.78, 5) is 2.03. The summed E-state index contributed by atoms with van der Waals surface area (Å²) in [5.41, 5.74) is 3.01. The maximum absolute atomic E-state index is 12.3. The SMILES string of the molecule is Cc1cccc(CS(=O)(=O)NCC(c2ccsc2)N(C)C)c1. The summed E-state index contributed by atoms with van der Waals surface area (Å²) in [5, 5.41) is 4.06. The van der Waals surface area contributed by atoms with Crippen LogP contribution in [0.2, 0.25) is 0 Å². The van der Waals surface area contributed by atoms with E-state index in [0.717, 1.165) is 16.7 Å². The van der Waals surface area contributed by atoms with Gasteiger partial charge in [0.1, 0.15) is 0 Å². The van der Waals surface area contributed by atoms with Crippen LogP contribution in [-0.2, 0) is 15.8 Å². The summed E-state index contributed by atoms with van der Waals surface area (Å²) in [6.07, 6.45) is 0. The van der Waals surface area contributed by atoms with Gasteiger partial charge in [0.05, 0.1) is 5.75 Å². The number of nitrogens with one attached hydrogen (secondary N) is 1. The fraction of sp³-hybridized carbons (Fsp3) is 0.375. The van der Waals surface area contributed by atoms with Gasteiger partial charge < -0.3 is 4.90 Å². The minimum absolute atomic E-state index is 0.0124. The number of hydrogen-bond donors (Lipinski definition) is 1. The number of hydrogen-bond acceptors (Lipinski definition) is 4. The lowest BCUT2D eigenvalue weighted by molar-refractivity contribution is 0.300. The summed E-state index contributed by atoms with van der Waals surface area (Å²) in [6, 6.07) is 9.66. The largest absolute Gasteiger partial charge is 0.301 e. The number of rotatable bonds is 7. The quantitative estimate of drug-likeness (QED) is 0.844. The molecule has 1 N–H and O–H groups in total. The van der Waals surface area contributed by atoms with Crippen molar-refractivity contribution in [2.75, 3.05) is 20.6 Å². The van der Waals surface area contributed by atoms with Crippen LogP contribution in [0.5, 0.6) is 0 Å². The Labute approximate surface area is 136 Å². The standard InChI is InChI=1S/C16H22N2O2S2/c1-13-5-4-6-14(9-13)12-22(19,20)17-10-16(18(2)3)15-7-8-21-11-15/h4-9,11,16-17H,10,12H2,1-3H3. The summed E-state index contributed by atoms with van der Waals surface area (Å²) in [6.45, 7) is 2.33. The molecule has 0 bridgehead atoms. The van der Waals surface area contributed by atoms with Gasteiger partial charge in [-0.05, 0) is 49.0 Å². The van der Waals surface area contributed by atoms with E-state index in [1.54, 1.807) is 11.3 Å². The predicted molar refractivity (Wildman–Crippen MR) is 92.6 cm³/mol. The molecule has 4 nitrogen and oxygen atoms in total. The van der Waals surface area contributed by atoms with Crippen LogP contribution in [0.3, 0.4) is 0 Å². The molecule has 1 heterocycles. The van der Waals surface area contributed by atoms with Crippen molar-refractivity contribution in [3.05, 3.63) is 57.8 Å². The van der Waals surface area contributed by atoms with Crippen molar-refractivity contribution in [2.45, 2.75) is 18.7 Å². The molecule has 0 saturated carbocycles. The van der Waals surface area contributed by atoms with E-state index in [1.165, 1.54) is 0 Å². The molecule has 1 aromatic heterocycles. The van der Waals surface area contributed by atoms with Crippen LogP contribution in [0.1, 0.15) is 22.7 Å². The fourth-order valence-electron chi connectivity index (χ4n) is 2.34. The molecule has 0 amide bonds. The fourth-order valence-corrected chi connectivity index (χ4v) is 4.18. The Kier molecular flexibility index (Phi) is 5.74. The van der Waals surface area contributed by atoms with Gasteiger partial charge in [0.25, 0.3) is 0 Å². The second-order valence-corrected chi connectivity index (χ2v) is 8.22. The van der Waals surface area contributed by atoms with Gasteiger partial charge >= 0.3 is 0 Å². The molecule has 0 fully saturated rings. The number of thiophene rings is 1. The molecule has 6 heteroatoms. The Morgan fingerprint density at radius 3 is 2.64 bits per heavy atom. The van der Waals surface area contributed by atoms with E-state index in [9.17, 15) is 8.42 Å². The number of benzene rings is 1. The highest BCUT2D eigenvalue weighted by atomic mass is 32.2. The van der Waals surface area contributed by atoms with Crippen molar-refractivity contribution in [1.82, 2.24) is 9.62 Å². The summed E-state index contributed by atoms with van der Waals surface area (Å²) in [7, 11) is 0.567. The van der Waals surface area contributed by atoms with Crippen LogP contribution in [0.15, 0.2) is 41.1 Å². The van der Waals surface area contributed by atoms with E-state index >= 15 is 0 Å². The van der Waals surface area contributed by atoms with E-state index in [2.05, 4.69) is 10.1 Å². The van der Waals surface area contributed by atoms with Crippen molar-refractivity contribution in [3.8, 4) is 0 Å². The zero-order valence-corrected chi connectivity index (χ0v) is 14.7. The first kappa shape index (κ1) is 17.1. The molecule has 1 unspecified atom stereocenters. The van der Waals surface area contributed by atoms with Crippen molar-refractivity contribution < 1.29 is 8.42 Å². The molecule has 0 radical (unpaired) electrons. The lowest BCUT2D eigenvalue weighted by atomic mass is 10.1. The van der Waals surface area contributed by atoms with E-state index in [1.807, 2.05) is 61.6 Å². The second-order valence-electron chi connectivity index (χ2n) is 5.63. The molecule has 2 rings (SSSR count). The number of nitrogens with zero attached hydrogens (tertiary/aromatic N) is 1.